The first-order chi connectivity index (χ1) is 4.27. The van der Waals surface area contributed by atoms with E-state index in [4.69, 9.17) is 0 Å². The minimum atomic E-state index is 0.847. The van der Waals surface area contributed by atoms with Crippen molar-refractivity contribution in [2.45, 2.75) is 18.9 Å². The van der Waals surface area contributed by atoms with Crippen molar-refractivity contribution >= 4 is 0 Å². The van der Waals surface area contributed by atoms with Crippen LogP contribution >= 0.6 is 0 Å². The molecule has 2 fully saturated rings. The zero-order valence-electron chi connectivity index (χ0n) is 5.93. The standard InChI is InChI=1S/C8H13N/c1-6-3-8-4-7(6)5-9(8)2/h7-8H,1,3-5H2,2H3. The molecule has 1 heteroatoms. The van der Waals surface area contributed by atoms with E-state index in [-0.39, 0.29) is 0 Å². The quantitative estimate of drug-likeness (QED) is 0.438. The molecule has 2 unspecified atom stereocenters. The smallest absolute Gasteiger partial charge is 0.0136 e. The van der Waals surface area contributed by atoms with Gasteiger partial charge in [-0.2, -0.15) is 0 Å². The summed E-state index contributed by atoms with van der Waals surface area (Å²) in [5.41, 5.74) is 1.50. The van der Waals surface area contributed by atoms with Crippen LogP contribution in [0.1, 0.15) is 12.8 Å². The molecule has 0 N–H and O–H groups in total. The molecule has 2 bridgehead atoms. The molecular formula is C8H13N. The highest BCUT2D eigenvalue weighted by molar-refractivity contribution is 5.15. The lowest BCUT2D eigenvalue weighted by molar-refractivity contribution is 0.290. The molecule has 9 heavy (non-hydrogen) atoms. The van der Waals surface area contributed by atoms with E-state index >= 15 is 0 Å². The Morgan fingerprint density at radius 2 is 2.44 bits per heavy atom. The van der Waals surface area contributed by atoms with Crippen molar-refractivity contribution in [3.63, 3.8) is 0 Å². The van der Waals surface area contributed by atoms with Crippen molar-refractivity contribution in [2.75, 3.05) is 13.6 Å². The fourth-order valence-electron chi connectivity index (χ4n) is 2.08. The number of hydrogen-bond acceptors (Lipinski definition) is 1. The molecule has 1 saturated carbocycles. The van der Waals surface area contributed by atoms with Gasteiger partial charge in [0.1, 0.15) is 0 Å². The summed E-state index contributed by atoms with van der Waals surface area (Å²) in [5, 5.41) is 0. The van der Waals surface area contributed by atoms with Crippen molar-refractivity contribution < 1.29 is 0 Å². The Morgan fingerprint density at radius 3 is 2.78 bits per heavy atom. The largest absolute Gasteiger partial charge is 0.302 e. The Kier molecular flexibility index (Phi) is 0.974. The minimum absolute atomic E-state index is 0.847. The van der Waals surface area contributed by atoms with E-state index < -0.39 is 0 Å². The lowest BCUT2D eigenvalue weighted by Gasteiger charge is -2.22. The van der Waals surface area contributed by atoms with Crippen LogP contribution < -0.4 is 0 Å². The first-order valence-corrected chi connectivity index (χ1v) is 3.65. The first-order valence-electron chi connectivity index (χ1n) is 3.65. The predicted molar refractivity (Wildman–Crippen MR) is 38.3 cm³/mol. The fourth-order valence-corrected chi connectivity index (χ4v) is 2.08. The summed E-state index contributed by atoms with van der Waals surface area (Å²) in [4.78, 5) is 2.46. The van der Waals surface area contributed by atoms with E-state index in [1.54, 1.807) is 0 Å². The normalized spacial score (nSPS) is 42.6. The Labute approximate surface area is 56.4 Å². The van der Waals surface area contributed by atoms with Gasteiger partial charge in [-0.05, 0) is 25.8 Å². The molecule has 0 aromatic heterocycles. The van der Waals surface area contributed by atoms with Gasteiger partial charge >= 0.3 is 0 Å². The van der Waals surface area contributed by atoms with E-state index in [0.717, 1.165) is 12.0 Å². The Hall–Kier alpha value is -0.300. The molecule has 2 aliphatic rings. The molecule has 0 spiro atoms. The number of likely N-dealkylation sites (tertiary alicyclic amines) is 1. The zero-order chi connectivity index (χ0) is 6.43. The topological polar surface area (TPSA) is 3.24 Å². The van der Waals surface area contributed by atoms with Gasteiger partial charge in [-0.15, -0.1) is 0 Å². The van der Waals surface area contributed by atoms with Gasteiger partial charge in [0.05, 0.1) is 0 Å². The molecular weight excluding hydrogens is 110 g/mol. The van der Waals surface area contributed by atoms with E-state index in [9.17, 15) is 0 Å². The van der Waals surface area contributed by atoms with Gasteiger partial charge in [0.15, 0.2) is 0 Å². The van der Waals surface area contributed by atoms with E-state index in [2.05, 4.69) is 18.5 Å². The molecule has 1 aliphatic heterocycles. The molecule has 50 valence electrons. The Balaban J connectivity index is 2.19. The maximum absolute atomic E-state index is 4.04. The van der Waals surface area contributed by atoms with Crippen LogP contribution in [0.3, 0.4) is 0 Å². The maximum Gasteiger partial charge on any atom is 0.0136 e. The summed E-state index contributed by atoms with van der Waals surface area (Å²) in [6.45, 7) is 5.31. The molecule has 0 aromatic carbocycles. The zero-order valence-corrected chi connectivity index (χ0v) is 5.93. The Bertz CT molecular complexity index is 149. The van der Waals surface area contributed by atoms with Crippen LogP contribution in [0, 0.1) is 5.92 Å². The third kappa shape index (κ3) is 0.645. The molecule has 1 nitrogen and oxygen atoms in total. The Morgan fingerprint density at radius 1 is 1.67 bits per heavy atom. The molecule has 0 radical (unpaired) electrons. The lowest BCUT2D eigenvalue weighted by atomic mass is 10.0. The fraction of sp³-hybridized carbons (Fsp3) is 0.750. The second-order valence-corrected chi connectivity index (χ2v) is 3.39. The monoisotopic (exact) mass is 123 g/mol. The van der Waals surface area contributed by atoms with Gasteiger partial charge in [-0.25, -0.2) is 0 Å². The van der Waals surface area contributed by atoms with Crippen LogP contribution in [-0.2, 0) is 0 Å². The predicted octanol–water partition coefficient (Wildman–Crippen LogP) is 1.27. The SMILES string of the molecule is C=C1CC2CC1CN2C. The molecule has 0 amide bonds. The van der Waals surface area contributed by atoms with Gasteiger partial charge in [0, 0.05) is 12.6 Å². The number of fused-ring (bicyclic) bond motifs is 2. The molecule has 0 aromatic rings. The highest BCUT2D eigenvalue weighted by Gasteiger charge is 2.37. The summed E-state index contributed by atoms with van der Waals surface area (Å²) < 4.78 is 0. The van der Waals surface area contributed by atoms with E-state index in [1.165, 1.54) is 25.0 Å². The summed E-state index contributed by atoms with van der Waals surface area (Å²) in [6.07, 6.45) is 2.65. The van der Waals surface area contributed by atoms with Crippen molar-refractivity contribution in [3.05, 3.63) is 12.2 Å². The van der Waals surface area contributed by atoms with Crippen LogP contribution in [-0.4, -0.2) is 24.5 Å². The van der Waals surface area contributed by atoms with Gasteiger partial charge in [0.25, 0.3) is 0 Å². The molecule has 2 atom stereocenters. The van der Waals surface area contributed by atoms with Gasteiger partial charge < -0.3 is 4.90 Å². The molecule has 2 rings (SSSR count). The second kappa shape index (κ2) is 1.60. The van der Waals surface area contributed by atoms with E-state index in [0.29, 0.717) is 0 Å². The number of nitrogens with zero attached hydrogens (tertiary/aromatic N) is 1. The van der Waals surface area contributed by atoms with Gasteiger partial charge in [0.2, 0.25) is 0 Å². The van der Waals surface area contributed by atoms with E-state index in [1.807, 2.05) is 0 Å². The van der Waals surface area contributed by atoms with Crippen LogP contribution in [0.5, 0.6) is 0 Å². The van der Waals surface area contributed by atoms with Crippen LogP contribution in [0.25, 0.3) is 0 Å². The summed E-state index contributed by atoms with van der Waals surface area (Å²) >= 11 is 0. The average Bonchev–Trinajstić information content (AvgIpc) is 2.24. The summed E-state index contributed by atoms with van der Waals surface area (Å²) in [7, 11) is 2.22. The molecule has 1 saturated heterocycles. The second-order valence-electron chi connectivity index (χ2n) is 3.39. The van der Waals surface area contributed by atoms with Crippen LogP contribution in [0.4, 0.5) is 0 Å². The number of piperidine rings is 1. The number of hydrogen-bond donors (Lipinski definition) is 0. The first kappa shape index (κ1) is 5.48. The highest BCUT2D eigenvalue weighted by atomic mass is 15.2. The van der Waals surface area contributed by atoms with Gasteiger partial charge in [-0.1, -0.05) is 12.2 Å². The third-order valence-corrected chi connectivity index (χ3v) is 2.76. The van der Waals surface area contributed by atoms with Crippen molar-refractivity contribution in [3.8, 4) is 0 Å². The van der Waals surface area contributed by atoms with Crippen LogP contribution in [0.15, 0.2) is 12.2 Å². The van der Waals surface area contributed by atoms with Crippen molar-refractivity contribution in [2.24, 2.45) is 5.92 Å². The summed E-state index contributed by atoms with van der Waals surface area (Å²) in [5.74, 6) is 0.847. The van der Waals surface area contributed by atoms with Crippen LogP contribution in [0.2, 0.25) is 0 Å². The summed E-state index contributed by atoms with van der Waals surface area (Å²) in [6, 6.07) is 0.850. The lowest BCUT2D eigenvalue weighted by Crippen LogP contribution is -2.28. The van der Waals surface area contributed by atoms with Gasteiger partial charge in [-0.3, -0.25) is 0 Å². The average molecular weight is 123 g/mol. The maximum atomic E-state index is 4.04. The minimum Gasteiger partial charge on any atom is -0.302 e. The number of rotatable bonds is 0. The molecule has 1 aliphatic carbocycles. The van der Waals surface area contributed by atoms with Crippen molar-refractivity contribution in [1.29, 1.82) is 0 Å². The van der Waals surface area contributed by atoms with Crippen molar-refractivity contribution in [1.82, 2.24) is 4.90 Å². The molecule has 1 heterocycles. The highest BCUT2D eigenvalue weighted by Crippen LogP contribution is 2.39. The third-order valence-electron chi connectivity index (χ3n) is 2.76.